The summed E-state index contributed by atoms with van der Waals surface area (Å²) in [6, 6.07) is 1.77. The average molecular weight is 256 g/mol. The van der Waals surface area contributed by atoms with Crippen molar-refractivity contribution in [2.45, 2.75) is 38.7 Å². The number of aromatic nitrogens is 2. The predicted molar refractivity (Wildman–Crippen MR) is 68.5 cm³/mol. The first-order valence-corrected chi connectivity index (χ1v) is 6.39. The minimum absolute atomic E-state index is 0.477. The number of rotatable bonds is 3. The maximum Gasteiger partial charge on any atom is 0.134 e. The third-order valence-electron chi connectivity index (χ3n) is 2.98. The third kappa shape index (κ3) is 3.07. The van der Waals surface area contributed by atoms with Crippen molar-refractivity contribution in [2.24, 2.45) is 0 Å². The summed E-state index contributed by atoms with van der Waals surface area (Å²) in [6.07, 6.45) is 2.59. The summed E-state index contributed by atoms with van der Waals surface area (Å²) in [5.41, 5.74) is -0.623. The molecule has 1 aliphatic heterocycles. The fourth-order valence-electron chi connectivity index (χ4n) is 2.09. The van der Waals surface area contributed by atoms with Gasteiger partial charge in [-0.15, -0.1) is 0 Å². The van der Waals surface area contributed by atoms with Crippen LogP contribution in [-0.2, 0) is 6.42 Å². The zero-order valence-electron chi connectivity index (χ0n) is 10.3. The minimum atomic E-state index is -0.623. The Morgan fingerprint density at radius 1 is 1.53 bits per heavy atom. The highest BCUT2D eigenvalue weighted by molar-refractivity contribution is 6.29. The highest BCUT2D eigenvalue weighted by atomic mass is 35.5. The van der Waals surface area contributed by atoms with Gasteiger partial charge in [-0.05, 0) is 19.8 Å². The average Bonchev–Trinajstić information content (AvgIpc) is 2.58. The standard InChI is InChI=1S/C12H18ClN3O/c1-3-4-10-14-9(13)7-11(15-10)16-6-5-12(2,17)8-16/h7,17H,3-6,8H2,1-2H3. The van der Waals surface area contributed by atoms with Gasteiger partial charge in [0.1, 0.15) is 16.8 Å². The van der Waals surface area contributed by atoms with Gasteiger partial charge in [-0.2, -0.15) is 0 Å². The van der Waals surface area contributed by atoms with Crippen molar-refractivity contribution in [3.05, 3.63) is 17.0 Å². The lowest BCUT2D eigenvalue weighted by Crippen LogP contribution is -2.30. The normalized spacial score (nSPS) is 24.4. The monoisotopic (exact) mass is 255 g/mol. The lowest BCUT2D eigenvalue weighted by Gasteiger charge is -2.20. The fourth-order valence-corrected chi connectivity index (χ4v) is 2.28. The van der Waals surface area contributed by atoms with Crippen LogP contribution in [0, 0.1) is 0 Å². The Morgan fingerprint density at radius 3 is 2.88 bits per heavy atom. The van der Waals surface area contributed by atoms with Gasteiger partial charge >= 0.3 is 0 Å². The van der Waals surface area contributed by atoms with Crippen LogP contribution in [0.2, 0.25) is 5.15 Å². The molecule has 0 aliphatic carbocycles. The Bertz CT molecular complexity index is 409. The second-order valence-corrected chi connectivity index (χ2v) is 5.27. The largest absolute Gasteiger partial charge is 0.388 e. The highest BCUT2D eigenvalue weighted by Gasteiger charge is 2.32. The first-order chi connectivity index (χ1) is 8.00. The zero-order valence-corrected chi connectivity index (χ0v) is 11.0. The molecule has 0 bridgehead atoms. The topological polar surface area (TPSA) is 49.2 Å². The van der Waals surface area contributed by atoms with Crippen LogP contribution in [0.4, 0.5) is 5.82 Å². The number of hydrogen-bond donors (Lipinski definition) is 1. The number of anilines is 1. The smallest absolute Gasteiger partial charge is 0.134 e. The van der Waals surface area contributed by atoms with E-state index in [0.717, 1.165) is 37.4 Å². The van der Waals surface area contributed by atoms with E-state index in [2.05, 4.69) is 21.8 Å². The van der Waals surface area contributed by atoms with E-state index < -0.39 is 5.60 Å². The summed E-state index contributed by atoms with van der Waals surface area (Å²) in [6.45, 7) is 5.35. The molecule has 17 heavy (non-hydrogen) atoms. The van der Waals surface area contributed by atoms with Crippen molar-refractivity contribution in [3.63, 3.8) is 0 Å². The van der Waals surface area contributed by atoms with E-state index in [9.17, 15) is 5.11 Å². The van der Waals surface area contributed by atoms with Crippen LogP contribution in [0.1, 0.15) is 32.5 Å². The van der Waals surface area contributed by atoms with Crippen molar-refractivity contribution in [1.82, 2.24) is 9.97 Å². The van der Waals surface area contributed by atoms with Gasteiger partial charge in [0.05, 0.1) is 5.60 Å². The Morgan fingerprint density at radius 2 is 2.29 bits per heavy atom. The molecule has 0 spiro atoms. The van der Waals surface area contributed by atoms with Crippen LogP contribution in [0.3, 0.4) is 0 Å². The Hall–Kier alpha value is -0.870. The number of nitrogens with zero attached hydrogens (tertiary/aromatic N) is 3. The van der Waals surface area contributed by atoms with E-state index >= 15 is 0 Å². The number of aryl methyl sites for hydroxylation is 1. The molecule has 1 fully saturated rings. The van der Waals surface area contributed by atoms with E-state index in [1.807, 2.05) is 6.92 Å². The molecule has 1 unspecified atom stereocenters. The van der Waals surface area contributed by atoms with E-state index in [1.165, 1.54) is 0 Å². The first-order valence-electron chi connectivity index (χ1n) is 6.01. The molecule has 5 heteroatoms. The summed E-state index contributed by atoms with van der Waals surface area (Å²) >= 11 is 5.99. The lowest BCUT2D eigenvalue weighted by molar-refractivity contribution is 0.0839. The first kappa shape index (κ1) is 12.6. The molecular formula is C12H18ClN3O. The summed E-state index contributed by atoms with van der Waals surface area (Å²) in [7, 11) is 0. The van der Waals surface area contributed by atoms with E-state index in [1.54, 1.807) is 6.07 Å². The van der Waals surface area contributed by atoms with Gasteiger partial charge in [0.2, 0.25) is 0 Å². The van der Waals surface area contributed by atoms with Gasteiger partial charge in [0.15, 0.2) is 0 Å². The summed E-state index contributed by atoms with van der Waals surface area (Å²) in [5, 5.41) is 10.4. The number of aliphatic hydroxyl groups is 1. The molecule has 2 rings (SSSR count). The molecule has 1 N–H and O–H groups in total. The maximum atomic E-state index is 9.95. The predicted octanol–water partition coefficient (Wildman–Crippen LogP) is 2.04. The van der Waals surface area contributed by atoms with Crippen LogP contribution >= 0.6 is 11.6 Å². The van der Waals surface area contributed by atoms with Crippen molar-refractivity contribution in [3.8, 4) is 0 Å². The van der Waals surface area contributed by atoms with E-state index in [4.69, 9.17) is 11.6 Å². The number of β-amino-alcohol motifs (C(OH)–C–C–N with tert-alkyl or cyclic N) is 1. The van der Waals surface area contributed by atoms with Crippen LogP contribution in [0.5, 0.6) is 0 Å². The van der Waals surface area contributed by atoms with E-state index in [0.29, 0.717) is 11.7 Å². The second-order valence-electron chi connectivity index (χ2n) is 4.88. The molecule has 0 amide bonds. The molecule has 1 aromatic rings. The van der Waals surface area contributed by atoms with Crippen LogP contribution in [0.15, 0.2) is 6.07 Å². The summed E-state index contributed by atoms with van der Waals surface area (Å²) < 4.78 is 0. The van der Waals surface area contributed by atoms with Crippen molar-refractivity contribution < 1.29 is 5.11 Å². The SMILES string of the molecule is CCCc1nc(Cl)cc(N2CCC(C)(O)C2)n1. The molecular weight excluding hydrogens is 238 g/mol. The lowest BCUT2D eigenvalue weighted by atomic mass is 10.1. The molecule has 1 saturated heterocycles. The number of hydrogen-bond acceptors (Lipinski definition) is 4. The minimum Gasteiger partial charge on any atom is -0.388 e. The van der Waals surface area contributed by atoms with Gasteiger partial charge in [-0.25, -0.2) is 9.97 Å². The van der Waals surface area contributed by atoms with Gasteiger partial charge in [0.25, 0.3) is 0 Å². The molecule has 2 heterocycles. The Labute approximate surface area is 107 Å². The zero-order chi connectivity index (χ0) is 12.5. The molecule has 4 nitrogen and oxygen atoms in total. The molecule has 1 aliphatic rings. The quantitative estimate of drug-likeness (QED) is 0.840. The van der Waals surface area contributed by atoms with Gasteiger partial charge in [-0.3, -0.25) is 0 Å². The van der Waals surface area contributed by atoms with Gasteiger partial charge in [0, 0.05) is 25.6 Å². The summed E-state index contributed by atoms with van der Waals surface area (Å²) in [5.74, 6) is 1.60. The molecule has 94 valence electrons. The van der Waals surface area contributed by atoms with Crippen molar-refractivity contribution in [1.29, 1.82) is 0 Å². The molecule has 0 aromatic carbocycles. The molecule has 0 saturated carbocycles. The van der Waals surface area contributed by atoms with Gasteiger partial charge in [-0.1, -0.05) is 18.5 Å². The second kappa shape index (κ2) is 4.78. The molecule has 1 aromatic heterocycles. The third-order valence-corrected chi connectivity index (χ3v) is 3.17. The Kier molecular flexibility index (Phi) is 3.54. The van der Waals surface area contributed by atoms with Crippen LogP contribution < -0.4 is 4.90 Å². The van der Waals surface area contributed by atoms with Crippen molar-refractivity contribution >= 4 is 17.4 Å². The summed E-state index contributed by atoms with van der Waals surface area (Å²) in [4.78, 5) is 10.7. The van der Waals surface area contributed by atoms with Crippen molar-refractivity contribution in [2.75, 3.05) is 18.0 Å². The Balaban J connectivity index is 2.21. The van der Waals surface area contributed by atoms with Crippen LogP contribution in [0.25, 0.3) is 0 Å². The number of halogens is 1. The van der Waals surface area contributed by atoms with Crippen LogP contribution in [-0.4, -0.2) is 33.8 Å². The molecule has 1 atom stereocenters. The highest BCUT2D eigenvalue weighted by Crippen LogP contribution is 2.26. The maximum absolute atomic E-state index is 9.95. The van der Waals surface area contributed by atoms with E-state index in [-0.39, 0.29) is 0 Å². The molecule has 0 radical (unpaired) electrons. The van der Waals surface area contributed by atoms with Gasteiger partial charge < -0.3 is 10.0 Å². The fraction of sp³-hybridized carbons (Fsp3) is 0.667.